The normalized spacial score (nSPS) is 10.2. The molecule has 1 aromatic heterocycles. The molecule has 0 fully saturated rings. The number of hydrogen-bond acceptors (Lipinski definition) is 2. The van der Waals surface area contributed by atoms with Gasteiger partial charge < -0.3 is 5.11 Å². The van der Waals surface area contributed by atoms with Crippen LogP contribution in [0, 0.1) is 0 Å². The molecule has 1 aromatic rings. The lowest BCUT2D eigenvalue weighted by Gasteiger charge is -2.01. The van der Waals surface area contributed by atoms with Gasteiger partial charge in [-0.2, -0.15) is 0 Å². The quantitative estimate of drug-likeness (QED) is 0.705. The van der Waals surface area contributed by atoms with Crippen LogP contribution >= 0.6 is 0 Å². The molecule has 0 unspecified atom stereocenters. The average molecular weight is 179 g/mol. The maximum Gasteiger partial charge on any atom is 0.137 e. The van der Waals surface area contributed by atoms with Gasteiger partial charge >= 0.3 is 0 Å². The van der Waals surface area contributed by atoms with Crippen molar-refractivity contribution in [3.05, 3.63) is 24.0 Å². The van der Waals surface area contributed by atoms with E-state index in [-0.39, 0.29) is 0 Å². The summed E-state index contributed by atoms with van der Waals surface area (Å²) in [6.07, 6.45) is 7.49. The molecule has 0 atom stereocenters. The van der Waals surface area contributed by atoms with Gasteiger partial charge in [0.05, 0.1) is 5.69 Å². The van der Waals surface area contributed by atoms with Crippen molar-refractivity contribution in [1.82, 2.24) is 4.98 Å². The number of aromatic hydroxyl groups is 1. The first-order valence-corrected chi connectivity index (χ1v) is 4.97. The zero-order valence-corrected chi connectivity index (χ0v) is 8.16. The molecule has 2 nitrogen and oxygen atoms in total. The van der Waals surface area contributed by atoms with Gasteiger partial charge in [0.1, 0.15) is 5.75 Å². The summed E-state index contributed by atoms with van der Waals surface area (Å²) in [5.41, 5.74) is 0.832. The van der Waals surface area contributed by atoms with E-state index in [0.29, 0.717) is 5.75 Å². The van der Waals surface area contributed by atoms with Crippen LogP contribution in [0.15, 0.2) is 18.3 Å². The van der Waals surface area contributed by atoms with Crippen LogP contribution < -0.4 is 0 Å². The molecule has 0 aromatic carbocycles. The fraction of sp³-hybridized carbons (Fsp3) is 0.545. The lowest BCUT2D eigenvalue weighted by atomic mass is 10.1. The average Bonchev–Trinajstić information content (AvgIpc) is 2.15. The predicted molar refractivity (Wildman–Crippen MR) is 53.7 cm³/mol. The summed E-state index contributed by atoms with van der Waals surface area (Å²) in [7, 11) is 0. The van der Waals surface area contributed by atoms with E-state index in [1.807, 2.05) is 0 Å². The highest BCUT2D eigenvalue weighted by molar-refractivity contribution is 5.24. The molecule has 0 saturated carbocycles. The zero-order chi connectivity index (χ0) is 9.52. The van der Waals surface area contributed by atoms with E-state index in [1.54, 1.807) is 18.3 Å². The van der Waals surface area contributed by atoms with Gasteiger partial charge in [0.15, 0.2) is 0 Å². The molecule has 0 aliphatic heterocycles. The van der Waals surface area contributed by atoms with Gasteiger partial charge in [-0.1, -0.05) is 26.2 Å². The molecule has 13 heavy (non-hydrogen) atoms. The summed E-state index contributed by atoms with van der Waals surface area (Å²) in [5, 5.41) is 9.40. The molecule has 0 bridgehead atoms. The number of aromatic nitrogens is 1. The van der Waals surface area contributed by atoms with Crippen molar-refractivity contribution in [2.45, 2.75) is 39.0 Å². The molecule has 72 valence electrons. The van der Waals surface area contributed by atoms with Crippen LogP contribution in [0.4, 0.5) is 0 Å². The molecule has 1 N–H and O–H groups in total. The van der Waals surface area contributed by atoms with Crippen molar-refractivity contribution in [2.24, 2.45) is 0 Å². The Balaban J connectivity index is 2.32. The third kappa shape index (κ3) is 3.45. The Bertz CT molecular complexity index is 248. The fourth-order valence-electron chi connectivity index (χ4n) is 1.34. The van der Waals surface area contributed by atoms with Crippen molar-refractivity contribution >= 4 is 0 Å². The second-order valence-electron chi connectivity index (χ2n) is 3.28. The monoisotopic (exact) mass is 179 g/mol. The molecule has 1 heterocycles. The standard InChI is InChI=1S/C11H17NO/c1-2-3-4-5-7-10-11(13)8-6-9-12-10/h6,8-9,13H,2-5,7H2,1H3. The molecule has 2 heteroatoms. The molecule has 1 rings (SSSR count). The maximum absolute atomic E-state index is 9.40. The maximum atomic E-state index is 9.40. The third-order valence-corrected chi connectivity index (χ3v) is 2.13. The number of rotatable bonds is 5. The Labute approximate surface area is 79.6 Å². The first-order chi connectivity index (χ1) is 6.34. The Morgan fingerprint density at radius 3 is 2.85 bits per heavy atom. The Morgan fingerprint density at radius 1 is 1.31 bits per heavy atom. The minimum absolute atomic E-state index is 0.332. The second kappa shape index (κ2) is 5.57. The zero-order valence-electron chi connectivity index (χ0n) is 8.16. The molecule has 0 spiro atoms. The number of pyridine rings is 1. The highest BCUT2D eigenvalue weighted by Gasteiger charge is 1.99. The highest BCUT2D eigenvalue weighted by Crippen LogP contribution is 2.15. The largest absolute Gasteiger partial charge is 0.506 e. The summed E-state index contributed by atoms with van der Waals surface area (Å²) in [6, 6.07) is 3.45. The van der Waals surface area contributed by atoms with E-state index in [0.717, 1.165) is 18.5 Å². The first-order valence-electron chi connectivity index (χ1n) is 4.97. The van der Waals surface area contributed by atoms with Gasteiger partial charge in [-0.3, -0.25) is 4.98 Å². The van der Waals surface area contributed by atoms with E-state index in [2.05, 4.69) is 11.9 Å². The van der Waals surface area contributed by atoms with Crippen molar-refractivity contribution < 1.29 is 5.11 Å². The van der Waals surface area contributed by atoms with E-state index >= 15 is 0 Å². The van der Waals surface area contributed by atoms with Crippen LogP contribution in [0.2, 0.25) is 0 Å². The van der Waals surface area contributed by atoms with Crippen LogP contribution in [-0.2, 0) is 6.42 Å². The van der Waals surface area contributed by atoms with Crippen molar-refractivity contribution in [3.8, 4) is 5.75 Å². The van der Waals surface area contributed by atoms with Crippen molar-refractivity contribution in [1.29, 1.82) is 0 Å². The van der Waals surface area contributed by atoms with Gasteiger partial charge in [-0.05, 0) is 25.0 Å². The van der Waals surface area contributed by atoms with Gasteiger partial charge in [0.25, 0.3) is 0 Å². The summed E-state index contributed by atoms with van der Waals surface area (Å²) in [6.45, 7) is 2.19. The Morgan fingerprint density at radius 2 is 2.15 bits per heavy atom. The SMILES string of the molecule is CCCCCCc1ncccc1O. The topological polar surface area (TPSA) is 33.1 Å². The van der Waals surface area contributed by atoms with E-state index in [1.165, 1.54) is 19.3 Å². The Kier molecular flexibility index (Phi) is 4.30. The minimum Gasteiger partial charge on any atom is -0.506 e. The molecule has 0 aliphatic carbocycles. The van der Waals surface area contributed by atoms with E-state index in [9.17, 15) is 5.11 Å². The minimum atomic E-state index is 0.332. The molecule has 0 aliphatic rings. The van der Waals surface area contributed by atoms with Crippen molar-refractivity contribution in [3.63, 3.8) is 0 Å². The van der Waals surface area contributed by atoms with E-state index < -0.39 is 0 Å². The van der Waals surface area contributed by atoms with Gasteiger partial charge in [0.2, 0.25) is 0 Å². The summed E-state index contributed by atoms with van der Waals surface area (Å²) in [4.78, 5) is 4.13. The number of aryl methyl sites for hydroxylation is 1. The van der Waals surface area contributed by atoms with E-state index in [4.69, 9.17) is 0 Å². The lowest BCUT2D eigenvalue weighted by Crippen LogP contribution is -1.90. The van der Waals surface area contributed by atoms with Crippen LogP contribution in [0.25, 0.3) is 0 Å². The molecule has 0 radical (unpaired) electrons. The number of nitrogens with zero attached hydrogens (tertiary/aromatic N) is 1. The molecule has 0 saturated heterocycles. The molecule has 0 amide bonds. The number of unbranched alkanes of at least 4 members (excludes halogenated alkanes) is 3. The molecular formula is C11H17NO. The summed E-state index contributed by atoms with van der Waals surface area (Å²) < 4.78 is 0. The fourth-order valence-corrected chi connectivity index (χ4v) is 1.34. The van der Waals surface area contributed by atoms with Crippen LogP contribution in [-0.4, -0.2) is 10.1 Å². The van der Waals surface area contributed by atoms with Gasteiger partial charge in [-0.25, -0.2) is 0 Å². The van der Waals surface area contributed by atoms with Gasteiger partial charge in [-0.15, -0.1) is 0 Å². The smallest absolute Gasteiger partial charge is 0.137 e. The summed E-state index contributed by atoms with van der Waals surface area (Å²) in [5.74, 6) is 0.332. The highest BCUT2D eigenvalue weighted by atomic mass is 16.3. The van der Waals surface area contributed by atoms with Crippen LogP contribution in [0.5, 0.6) is 5.75 Å². The first kappa shape index (κ1) is 10.0. The third-order valence-electron chi connectivity index (χ3n) is 2.13. The Hall–Kier alpha value is -1.05. The summed E-state index contributed by atoms with van der Waals surface area (Å²) >= 11 is 0. The van der Waals surface area contributed by atoms with Crippen molar-refractivity contribution in [2.75, 3.05) is 0 Å². The van der Waals surface area contributed by atoms with Gasteiger partial charge in [0, 0.05) is 6.20 Å². The lowest BCUT2D eigenvalue weighted by molar-refractivity contribution is 0.461. The van der Waals surface area contributed by atoms with Crippen LogP contribution in [0.1, 0.15) is 38.3 Å². The number of hydrogen-bond donors (Lipinski definition) is 1. The second-order valence-corrected chi connectivity index (χ2v) is 3.28. The molecular weight excluding hydrogens is 162 g/mol. The predicted octanol–water partition coefficient (Wildman–Crippen LogP) is 2.91. The van der Waals surface area contributed by atoms with Crippen LogP contribution in [0.3, 0.4) is 0 Å².